The van der Waals surface area contributed by atoms with Crippen molar-refractivity contribution in [1.82, 2.24) is 9.97 Å². The predicted octanol–water partition coefficient (Wildman–Crippen LogP) is 9.94. The summed E-state index contributed by atoms with van der Waals surface area (Å²) in [6, 6.07) is 48.6. The van der Waals surface area contributed by atoms with Crippen molar-refractivity contribution in [2.75, 3.05) is 0 Å². The molecule has 2 aromatic heterocycles. The van der Waals surface area contributed by atoms with E-state index in [2.05, 4.69) is 155 Å². The molecule has 6 rings (SSSR count). The second-order valence-corrected chi connectivity index (χ2v) is 17.7. The summed E-state index contributed by atoms with van der Waals surface area (Å²) in [5.41, 5.74) is 10.4. The summed E-state index contributed by atoms with van der Waals surface area (Å²) in [6.45, 7) is 13.7. The Kier molecular flexibility index (Phi) is 11.2. The molecule has 0 aliphatic heterocycles. The summed E-state index contributed by atoms with van der Waals surface area (Å²) in [5.74, 6) is 0. The maximum Gasteiger partial charge on any atom is 0.0803 e. The Morgan fingerprint density at radius 1 is 0.644 bits per heavy atom. The van der Waals surface area contributed by atoms with Gasteiger partial charge in [-0.2, -0.15) is 0 Å². The second-order valence-electron chi connectivity index (χ2n) is 12.7. The fraction of sp³-hybridized carbons (Fsp3) is 0.171. The monoisotopic (exact) mass is 781 g/mol. The maximum atomic E-state index is 4.73. The van der Waals surface area contributed by atoms with Crippen molar-refractivity contribution >= 4 is 13.3 Å². The summed E-state index contributed by atoms with van der Waals surface area (Å²) >= 11 is 0. The van der Waals surface area contributed by atoms with Crippen LogP contribution in [0.1, 0.15) is 30.5 Å². The molecular formula is C41H40IrN2Si-2. The van der Waals surface area contributed by atoms with Crippen LogP contribution in [0, 0.1) is 19.1 Å². The first-order valence-electron chi connectivity index (χ1n) is 15.2. The van der Waals surface area contributed by atoms with E-state index in [1.165, 1.54) is 33.0 Å². The molecule has 0 saturated heterocycles. The number of nitrogens with zero attached hydrogens (tertiary/aromatic N) is 2. The molecule has 0 N–H and O–H groups in total. The van der Waals surface area contributed by atoms with Gasteiger partial charge in [0.05, 0.1) is 8.07 Å². The van der Waals surface area contributed by atoms with Crippen LogP contribution in [0.25, 0.3) is 33.6 Å². The number of pyridine rings is 2. The maximum absolute atomic E-state index is 4.73. The average molecular weight is 781 g/mol. The van der Waals surface area contributed by atoms with E-state index < -0.39 is 8.07 Å². The zero-order valence-electron chi connectivity index (χ0n) is 26.9. The van der Waals surface area contributed by atoms with Crippen LogP contribution in [-0.4, -0.2) is 18.0 Å². The molecule has 0 amide bonds. The number of hydrogen-bond donors (Lipinski definition) is 0. The Labute approximate surface area is 284 Å². The molecule has 0 aliphatic carbocycles. The first-order valence-corrected chi connectivity index (χ1v) is 18.7. The minimum absolute atomic E-state index is 0. The van der Waals surface area contributed by atoms with E-state index in [-0.39, 0.29) is 25.5 Å². The van der Waals surface area contributed by atoms with Gasteiger partial charge in [0.15, 0.2) is 0 Å². The van der Waals surface area contributed by atoms with Crippen molar-refractivity contribution in [2.45, 2.75) is 45.8 Å². The van der Waals surface area contributed by atoms with Gasteiger partial charge in [-0.15, -0.1) is 70.8 Å². The van der Waals surface area contributed by atoms with Crippen LogP contribution in [0.15, 0.2) is 134 Å². The zero-order chi connectivity index (χ0) is 31.2. The number of aryl methyl sites for hydroxylation is 1. The van der Waals surface area contributed by atoms with E-state index in [9.17, 15) is 0 Å². The Morgan fingerprint density at radius 3 is 1.96 bits per heavy atom. The minimum atomic E-state index is -1.47. The molecule has 0 aliphatic rings. The van der Waals surface area contributed by atoms with Crippen LogP contribution in [0.5, 0.6) is 0 Å². The fourth-order valence-electron chi connectivity index (χ4n) is 5.27. The quantitative estimate of drug-likeness (QED) is 0.124. The van der Waals surface area contributed by atoms with Crippen LogP contribution in [-0.2, 0) is 25.5 Å². The van der Waals surface area contributed by atoms with E-state index in [1.54, 1.807) is 0 Å². The molecule has 1 radical (unpaired) electrons. The predicted molar refractivity (Wildman–Crippen MR) is 189 cm³/mol. The minimum Gasteiger partial charge on any atom is -0.305 e. The van der Waals surface area contributed by atoms with E-state index in [1.807, 2.05) is 36.5 Å². The van der Waals surface area contributed by atoms with Gasteiger partial charge < -0.3 is 9.97 Å². The molecule has 2 nitrogen and oxygen atoms in total. The third-order valence-corrected chi connectivity index (χ3v) is 10.0. The van der Waals surface area contributed by atoms with E-state index in [0.717, 1.165) is 22.5 Å². The molecule has 4 heteroatoms. The molecule has 2 heterocycles. The van der Waals surface area contributed by atoms with Crippen LogP contribution in [0.3, 0.4) is 0 Å². The molecule has 0 bridgehead atoms. The van der Waals surface area contributed by atoms with Gasteiger partial charge in [0.25, 0.3) is 0 Å². The summed E-state index contributed by atoms with van der Waals surface area (Å²) in [4.78, 5) is 9.15. The normalized spacial score (nSPS) is 11.2. The van der Waals surface area contributed by atoms with Crippen molar-refractivity contribution in [1.29, 1.82) is 0 Å². The molecule has 0 atom stereocenters. The topological polar surface area (TPSA) is 25.8 Å². The Morgan fingerprint density at radius 2 is 1.33 bits per heavy atom. The molecule has 45 heavy (non-hydrogen) atoms. The smallest absolute Gasteiger partial charge is 0.0803 e. The van der Waals surface area contributed by atoms with Crippen molar-refractivity contribution in [3.8, 4) is 33.6 Å². The standard InChI is InChI=1S/C21H22NSi.C20H18N.Ir/c1-16-10-12-18(13-11-16)20-14-19(17-8-6-5-7-9-17)21(15-22-20)23(2,3)4;1-20(2,17-10-4-3-5-11-17)18-12-8-9-16(15-18)19-13-6-7-14-21-19;/h5-12,14-15H,1-4H3;3-8,10-15H,1-2H3;/q2*-1;. The Balaban J connectivity index is 0.000000201. The van der Waals surface area contributed by atoms with Gasteiger partial charge in [-0.05, 0) is 44.7 Å². The largest absolute Gasteiger partial charge is 0.305 e. The van der Waals surface area contributed by atoms with Gasteiger partial charge >= 0.3 is 0 Å². The van der Waals surface area contributed by atoms with Gasteiger partial charge in [-0.3, -0.25) is 0 Å². The van der Waals surface area contributed by atoms with E-state index in [4.69, 9.17) is 4.98 Å². The van der Waals surface area contributed by atoms with Crippen molar-refractivity contribution in [3.05, 3.63) is 163 Å². The fourth-order valence-corrected chi connectivity index (χ4v) is 6.74. The molecule has 0 unspecified atom stereocenters. The van der Waals surface area contributed by atoms with Crippen molar-refractivity contribution in [2.24, 2.45) is 0 Å². The Hall–Kier alpha value is -3.95. The zero-order valence-corrected chi connectivity index (χ0v) is 30.3. The number of rotatable bonds is 6. The van der Waals surface area contributed by atoms with Gasteiger partial charge in [-0.1, -0.05) is 119 Å². The second kappa shape index (κ2) is 14.9. The number of aromatic nitrogens is 2. The van der Waals surface area contributed by atoms with Crippen LogP contribution < -0.4 is 5.19 Å². The van der Waals surface area contributed by atoms with Gasteiger partial charge in [-0.25, -0.2) is 0 Å². The van der Waals surface area contributed by atoms with Crippen LogP contribution >= 0.6 is 0 Å². The summed E-state index contributed by atoms with van der Waals surface area (Å²) in [7, 11) is -1.47. The molecule has 4 aromatic carbocycles. The third-order valence-electron chi connectivity index (χ3n) is 8.00. The SMILES string of the molecule is CC(C)(c1ccccc1)c1cc[c-]c(-c2ccccn2)c1.Cc1c[c-]c(-c2cc(-c3ccccc3)c([Si](C)(C)C)cn2)cc1.[Ir]. The molecule has 229 valence electrons. The van der Waals surface area contributed by atoms with E-state index >= 15 is 0 Å². The number of benzene rings is 4. The average Bonchev–Trinajstić information content (AvgIpc) is 3.06. The summed E-state index contributed by atoms with van der Waals surface area (Å²) in [5, 5.41) is 1.40. The van der Waals surface area contributed by atoms with Gasteiger partial charge in [0.2, 0.25) is 0 Å². The molecule has 0 spiro atoms. The van der Waals surface area contributed by atoms with Crippen molar-refractivity contribution in [3.63, 3.8) is 0 Å². The van der Waals surface area contributed by atoms with Gasteiger partial charge in [0, 0.05) is 32.5 Å². The van der Waals surface area contributed by atoms with E-state index in [0.29, 0.717) is 0 Å². The summed E-state index contributed by atoms with van der Waals surface area (Å²) < 4.78 is 0. The van der Waals surface area contributed by atoms with Crippen LogP contribution in [0.4, 0.5) is 0 Å². The molecule has 0 saturated carbocycles. The van der Waals surface area contributed by atoms with Crippen LogP contribution in [0.2, 0.25) is 19.6 Å². The summed E-state index contributed by atoms with van der Waals surface area (Å²) in [6.07, 6.45) is 3.90. The molecular weight excluding hydrogens is 741 g/mol. The first kappa shape index (κ1) is 33.9. The third kappa shape index (κ3) is 8.41. The molecule has 6 aromatic rings. The van der Waals surface area contributed by atoms with Crippen molar-refractivity contribution < 1.29 is 20.1 Å². The Bertz CT molecular complexity index is 1800. The number of hydrogen-bond acceptors (Lipinski definition) is 2. The first-order chi connectivity index (χ1) is 21.1. The van der Waals surface area contributed by atoms with Gasteiger partial charge in [0.1, 0.15) is 0 Å². The molecule has 0 fully saturated rings.